The summed E-state index contributed by atoms with van der Waals surface area (Å²) in [6.45, 7) is 4.17. The monoisotopic (exact) mass is 645 g/mol. The highest BCUT2D eigenvalue weighted by Gasteiger charge is 2.95. The first-order chi connectivity index (χ1) is 21.8. The quantitative estimate of drug-likeness (QED) is 0.308. The van der Waals surface area contributed by atoms with Gasteiger partial charge in [-0.25, -0.2) is 0 Å². The van der Waals surface area contributed by atoms with E-state index in [9.17, 15) is 26.3 Å². The summed E-state index contributed by atoms with van der Waals surface area (Å²) in [5, 5.41) is 12.9. The van der Waals surface area contributed by atoms with Crippen LogP contribution < -0.4 is 4.90 Å². The number of fused-ring (bicyclic) bond motifs is 6. The van der Waals surface area contributed by atoms with Gasteiger partial charge in [-0.15, -0.1) is 10.2 Å². The fourth-order valence-electron chi connectivity index (χ4n) is 10.6. The highest BCUT2D eigenvalue weighted by Crippen LogP contribution is 2.97. The SMILES string of the molecule is Cc1c2c(cc3c1N(CC1CCCC1)CCCC31C3C(c4nnn(C)n4)C31CC1=CC(C(F)(F)F)CC(C(F)(F)F)=C1)CCCC2. The van der Waals surface area contributed by atoms with Crippen molar-refractivity contribution in [3.05, 3.63) is 57.4 Å². The van der Waals surface area contributed by atoms with Crippen LogP contribution in [-0.2, 0) is 25.3 Å². The summed E-state index contributed by atoms with van der Waals surface area (Å²) in [5.74, 6) is -1.07. The lowest BCUT2D eigenvalue weighted by Gasteiger charge is -2.37. The van der Waals surface area contributed by atoms with Crippen molar-refractivity contribution in [2.75, 3.05) is 18.0 Å². The Morgan fingerprint density at radius 1 is 1.00 bits per heavy atom. The third-order valence-corrected chi connectivity index (χ3v) is 12.6. The van der Waals surface area contributed by atoms with Gasteiger partial charge in [-0.2, -0.15) is 31.1 Å². The van der Waals surface area contributed by atoms with Crippen LogP contribution in [0.4, 0.5) is 32.0 Å². The first-order valence-electron chi connectivity index (χ1n) is 17.0. The van der Waals surface area contributed by atoms with Crippen molar-refractivity contribution in [1.82, 2.24) is 20.2 Å². The van der Waals surface area contributed by atoms with E-state index in [1.165, 1.54) is 58.4 Å². The number of hydrogen-bond donors (Lipinski definition) is 0. The van der Waals surface area contributed by atoms with Gasteiger partial charge in [0.1, 0.15) is 0 Å². The molecule has 5 nitrogen and oxygen atoms in total. The van der Waals surface area contributed by atoms with Crippen LogP contribution in [0, 0.1) is 30.1 Å². The zero-order chi connectivity index (χ0) is 32.2. The predicted molar refractivity (Wildman–Crippen MR) is 161 cm³/mol. The van der Waals surface area contributed by atoms with Gasteiger partial charge in [-0.3, -0.25) is 0 Å². The molecule has 1 aromatic heterocycles. The molecule has 1 aliphatic heterocycles. The van der Waals surface area contributed by atoms with Gasteiger partial charge in [-0.05, 0) is 116 Å². The Morgan fingerprint density at radius 3 is 2.46 bits per heavy atom. The molecule has 1 spiro atoms. The predicted octanol–water partition coefficient (Wildman–Crippen LogP) is 8.23. The number of aromatic nitrogens is 4. The Balaban J connectivity index is 1.26. The fourth-order valence-corrected chi connectivity index (χ4v) is 10.6. The van der Waals surface area contributed by atoms with Crippen LogP contribution in [0.1, 0.15) is 98.2 Å². The molecule has 6 aliphatic rings. The maximum Gasteiger partial charge on any atom is 0.412 e. The first-order valence-corrected chi connectivity index (χ1v) is 17.0. The van der Waals surface area contributed by atoms with E-state index in [-0.39, 0.29) is 29.2 Å². The van der Waals surface area contributed by atoms with E-state index in [0.29, 0.717) is 11.7 Å². The molecule has 0 saturated heterocycles. The summed E-state index contributed by atoms with van der Waals surface area (Å²) in [6.07, 6.45) is 2.68. The number of halogens is 6. The van der Waals surface area contributed by atoms with Gasteiger partial charge in [0, 0.05) is 35.7 Å². The lowest BCUT2D eigenvalue weighted by molar-refractivity contribution is -0.166. The van der Waals surface area contributed by atoms with Crippen molar-refractivity contribution in [3.8, 4) is 0 Å². The number of rotatable bonds is 5. The summed E-state index contributed by atoms with van der Waals surface area (Å²) in [5.41, 5.74) is 4.85. The molecular weight excluding hydrogens is 604 g/mol. The van der Waals surface area contributed by atoms with E-state index < -0.39 is 35.7 Å². The van der Waals surface area contributed by atoms with E-state index in [1.54, 1.807) is 7.05 Å². The second-order valence-electron chi connectivity index (χ2n) is 15.0. The van der Waals surface area contributed by atoms with Gasteiger partial charge >= 0.3 is 12.4 Å². The number of allylic oxidation sites excluding steroid dienone is 4. The molecule has 248 valence electrons. The molecule has 0 N–H and O–H groups in total. The molecule has 46 heavy (non-hydrogen) atoms. The molecule has 2 aromatic rings. The van der Waals surface area contributed by atoms with Crippen LogP contribution in [0.25, 0.3) is 0 Å². The van der Waals surface area contributed by atoms with Crippen molar-refractivity contribution in [2.45, 2.75) is 108 Å². The fraction of sp³-hybridized carbons (Fsp3) is 0.686. The smallest absolute Gasteiger partial charge is 0.371 e. The number of tetrazole rings is 1. The van der Waals surface area contributed by atoms with Crippen molar-refractivity contribution in [2.24, 2.45) is 30.2 Å². The third-order valence-electron chi connectivity index (χ3n) is 12.6. The van der Waals surface area contributed by atoms with Gasteiger partial charge in [-0.1, -0.05) is 36.6 Å². The van der Waals surface area contributed by atoms with E-state index in [0.717, 1.165) is 63.8 Å². The summed E-state index contributed by atoms with van der Waals surface area (Å²) >= 11 is 0. The summed E-state index contributed by atoms with van der Waals surface area (Å²) in [7, 11) is 1.68. The molecule has 11 heteroatoms. The Hall–Kier alpha value is -2.85. The minimum Gasteiger partial charge on any atom is -0.371 e. The highest BCUT2D eigenvalue weighted by molar-refractivity contribution is 5.74. The van der Waals surface area contributed by atoms with Gasteiger partial charge < -0.3 is 4.90 Å². The molecule has 3 fully saturated rings. The second-order valence-corrected chi connectivity index (χ2v) is 15.0. The largest absolute Gasteiger partial charge is 0.412 e. The summed E-state index contributed by atoms with van der Waals surface area (Å²) in [6, 6.07) is 2.41. The Labute approximate surface area is 265 Å². The van der Waals surface area contributed by atoms with Crippen LogP contribution >= 0.6 is 0 Å². The Kier molecular flexibility index (Phi) is 6.84. The number of nitrogens with zero attached hydrogens (tertiary/aromatic N) is 5. The minimum absolute atomic E-state index is 0.0466. The standard InChI is InChI=1S/C35H41F6N5/c1-20-26-11-6-5-10-23(26)16-27-29(20)46(19-21-8-3-4-9-21)13-7-12-32(27)30-28(31-42-44-45(2)43-31)33(30,32)18-22-14-24(34(36,37)38)17-25(15-22)35(39,40)41/h14-16,21,24,28,30H,3-13,17-19H2,1-2H3. The topological polar surface area (TPSA) is 46.8 Å². The molecule has 1 aromatic carbocycles. The van der Waals surface area contributed by atoms with Crippen LogP contribution in [0.15, 0.2) is 29.4 Å². The normalized spacial score (nSPS) is 32.4. The number of aryl methyl sites for hydroxylation is 2. The molecule has 5 unspecified atom stereocenters. The Bertz CT molecular complexity index is 1610. The van der Waals surface area contributed by atoms with E-state index >= 15 is 0 Å². The maximum atomic E-state index is 14.0. The van der Waals surface area contributed by atoms with Crippen LogP contribution in [0.3, 0.4) is 0 Å². The first kappa shape index (κ1) is 30.5. The molecule has 5 aliphatic carbocycles. The van der Waals surface area contributed by atoms with Gasteiger partial charge in [0.15, 0.2) is 5.82 Å². The maximum absolute atomic E-state index is 14.0. The van der Waals surface area contributed by atoms with Crippen LogP contribution in [0.5, 0.6) is 0 Å². The minimum atomic E-state index is -4.82. The summed E-state index contributed by atoms with van der Waals surface area (Å²) < 4.78 is 84.0. The lowest BCUT2D eigenvalue weighted by atomic mass is 9.69. The number of anilines is 1. The van der Waals surface area contributed by atoms with Gasteiger partial charge in [0.05, 0.1) is 13.0 Å². The van der Waals surface area contributed by atoms with E-state index in [1.807, 2.05) is 0 Å². The van der Waals surface area contributed by atoms with Crippen molar-refractivity contribution in [3.63, 3.8) is 0 Å². The highest BCUT2D eigenvalue weighted by atomic mass is 19.4. The number of hydrogen-bond acceptors (Lipinski definition) is 4. The van der Waals surface area contributed by atoms with Gasteiger partial charge in [0.25, 0.3) is 0 Å². The number of alkyl halides is 6. The second kappa shape index (κ2) is 10.3. The van der Waals surface area contributed by atoms with Crippen molar-refractivity contribution >= 4 is 5.69 Å². The molecule has 0 radical (unpaired) electrons. The van der Waals surface area contributed by atoms with E-state index in [4.69, 9.17) is 0 Å². The molecule has 2 heterocycles. The molecule has 0 amide bonds. The Morgan fingerprint density at radius 2 is 1.76 bits per heavy atom. The van der Waals surface area contributed by atoms with Crippen molar-refractivity contribution < 1.29 is 26.3 Å². The average molecular weight is 646 g/mol. The van der Waals surface area contributed by atoms with Crippen LogP contribution in [-0.4, -0.2) is 45.6 Å². The molecular formula is C35H41F6N5. The molecule has 5 atom stereocenters. The zero-order valence-electron chi connectivity index (χ0n) is 26.4. The van der Waals surface area contributed by atoms with Crippen molar-refractivity contribution in [1.29, 1.82) is 0 Å². The summed E-state index contributed by atoms with van der Waals surface area (Å²) in [4.78, 5) is 3.99. The van der Waals surface area contributed by atoms with Gasteiger partial charge in [0.2, 0.25) is 0 Å². The average Bonchev–Trinajstić information content (AvgIpc) is 3.57. The molecule has 3 saturated carbocycles. The number of benzene rings is 1. The third kappa shape index (κ3) is 4.52. The molecule has 8 rings (SSSR count). The zero-order valence-corrected chi connectivity index (χ0v) is 26.4. The van der Waals surface area contributed by atoms with Crippen LogP contribution in [0.2, 0.25) is 0 Å². The van der Waals surface area contributed by atoms with E-state index in [2.05, 4.69) is 33.3 Å². The lowest BCUT2D eigenvalue weighted by Crippen LogP contribution is -2.32. The molecule has 0 bridgehead atoms.